The van der Waals surface area contributed by atoms with Gasteiger partial charge in [0.05, 0.1) is 12.6 Å². The molecule has 0 bridgehead atoms. The third-order valence-electron chi connectivity index (χ3n) is 5.17. The highest BCUT2D eigenvalue weighted by molar-refractivity contribution is 5.94. The van der Waals surface area contributed by atoms with Crippen molar-refractivity contribution in [3.05, 3.63) is 0 Å². The first-order valence-electron chi connectivity index (χ1n) is 10.5. The molecule has 0 saturated carbocycles. The van der Waals surface area contributed by atoms with Crippen molar-refractivity contribution in [1.29, 1.82) is 0 Å². The van der Waals surface area contributed by atoms with E-state index in [0.717, 1.165) is 0 Å². The van der Waals surface area contributed by atoms with Crippen molar-refractivity contribution in [2.75, 3.05) is 19.7 Å². The van der Waals surface area contributed by atoms with E-state index in [4.69, 9.17) is 17.2 Å². The number of hydrogen-bond acceptors (Lipinski definition) is 7. The number of carboxylic acids is 1. The Morgan fingerprint density at radius 2 is 1.84 bits per heavy atom. The Kier molecular flexibility index (Phi) is 10.9. The second-order valence-corrected chi connectivity index (χ2v) is 8.06. The Labute approximate surface area is 186 Å². The van der Waals surface area contributed by atoms with Crippen LogP contribution < -0.4 is 27.8 Å². The predicted molar refractivity (Wildman–Crippen MR) is 116 cm³/mol. The molecule has 0 aliphatic carbocycles. The minimum Gasteiger partial charge on any atom is -0.480 e. The average Bonchev–Trinajstić information content (AvgIpc) is 3.21. The van der Waals surface area contributed by atoms with Crippen LogP contribution in [-0.2, 0) is 19.2 Å². The maximum Gasteiger partial charge on any atom is 0.326 e. The van der Waals surface area contributed by atoms with Crippen LogP contribution in [0.25, 0.3) is 0 Å². The number of nitrogens with zero attached hydrogens (tertiary/aromatic N) is 2. The Hall–Kier alpha value is -2.93. The summed E-state index contributed by atoms with van der Waals surface area (Å²) in [5.74, 6) is -3.51. The fourth-order valence-electron chi connectivity index (χ4n) is 3.39. The summed E-state index contributed by atoms with van der Waals surface area (Å²) >= 11 is 0. The van der Waals surface area contributed by atoms with Crippen LogP contribution in [0.1, 0.15) is 39.5 Å². The van der Waals surface area contributed by atoms with Gasteiger partial charge in [-0.15, -0.1) is 0 Å². The highest BCUT2D eigenvalue weighted by Crippen LogP contribution is 2.19. The Bertz CT molecular complexity index is 710. The number of amides is 3. The molecule has 1 fully saturated rings. The number of aliphatic hydroxyl groups is 1. The minimum absolute atomic E-state index is 0.0493. The van der Waals surface area contributed by atoms with E-state index in [-0.39, 0.29) is 5.96 Å². The summed E-state index contributed by atoms with van der Waals surface area (Å²) in [6.45, 7) is 3.17. The van der Waals surface area contributed by atoms with Gasteiger partial charge in [-0.05, 0) is 31.6 Å². The summed E-state index contributed by atoms with van der Waals surface area (Å²) in [6, 6.07) is -4.20. The Morgan fingerprint density at radius 3 is 2.38 bits per heavy atom. The number of carbonyl (C=O) groups is 4. The average molecular weight is 458 g/mol. The minimum atomic E-state index is -1.35. The maximum atomic E-state index is 12.7. The first-order chi connectivity index (χ1) is 15.0. The molecule has 13 nitrogen and oxygen atoms in total. The smallest absolute Gasteiger partial charge is 0.326 e. The summed E-state index contributed by atoms with van der Waals surface area (Å²) in [5, 5.41) is 23.5. The van der Waals surface area contributed by atoms with Crippen molar-refractivity contribution in [1.82, 2.24) is 15.5 Å². The van der Waals surface area contributed by atoms with Crippen molar-refractivity contribution in [2.45, 2.75) is 63.7 Å². The van der Waals surface area contributed by atoms with Gasteiger partial charge >= 0.3 is 5.97 Å². The SMILES string of the molecule is CC(C)C(NC(=O)C(CO)NC(=O)C1CCCN1C(=O)C(N)CCCN=C(N)N)C(=O)O. The lowest BCUT2D eigenvalue weighted by molar-refractivity contribution is -0.144. The molecule has 0 aromatic rings. The van der Waals surface area contributed by atoms with E-state index in [1.54, 1.807) is 13.8 Å². The number of aliphatic hydroxyl groups excluding tert-OH is 1. The van der Waals surface area contributed by atoms with Crippen molar-refractivity contribution in [3.8, 4) is 0 Å². The molecule has 182 valence electrons. The number of aliphatic imine (C=N–C) groups is 1. The molecule has 4 atom stereocenters. The van der Waals surface area contributed by atoms with Gasteiger partial charge in [0.25, 0.3) is 0 Å². The second kappa shape index (κ2) is 12.8. The van der Waals surface area contributed by atoms with Gasteiger partial charge in [-0.3, -0.25) is 19.4 Å². The van der Waals surface area contributed by atoms with Gasteiger partial charge in [0.2, 0.25) is 17.7 Å². The molecule has 1 aliphatic rings. The summed E-state index contributed by atoms with van der Waals surface area (Å²) in [4.78, 5) is 54.3. The fraction of sp³-hybridized carbons (Fsp3) is 0.737. The zero-order valence-corrected chi connectivity index (χ0v) is 18.5. The number of guanidine groups is 1. The molecule has 0 aromatic heterocycles. The molecule has 1 rings (SSSR count). The van der Waals surface area contributed by atoms with Crippen LogP contribution in [0.15, 0.2) is 4.99 Å². The monoisotopic (exact) mass is 457 g/mol. The van der Waals surface area contributed by atoms with E-state index in [1.807, 2.05) is 0 Å². The van der Waals surface area contributed by atoms with Crippen molar-refractivity contribution in [3.63, 3.8) is 0 Å². The van der Waals surface area contributed by atoms with Crippen LogP contribution >= 0.6 is 0 Å². The molecule has 4 unspecified atom stereocenters. The molecule has 0 spiro atoms. The topological polar surface area (TPSA) is 226 Å². The van der Waals surface area contributed by atoms with Gasteiger partial charge in [0.15, 0.2) is 5.96 Å². The van der Waals surface area contributed by atoms with E-state index in [9.17, 15) is 29.4 Å². The Morgan fingerprint density at radius 1 is 1.19 bits per heavy atom. The number of rotatable bonds is 12. The van der Waals surface area contributed by atoms with E-state index in [2.05, 4.69) is 15.6 Å². The molecule has 13 heteroatoms. The third kappa shape index (κ3) is 7.96. The molecule has 32 heavy (non-hydrogen) atoms. The largest absolute Gasteiger partial charge is 0.480 e. The van der Waals surface area contributed by atoms with Crippen molar-refractivity contribution >= 4 is 29.7 Å². The number of carbonyl (C=O) groups excluding carboxylic acids is 3. The summed E-state index contributed by atoms with van der Waals surface area (Å²) < 4.78 is 0. The molecule has 0 radical (unpaired) electrons. The molecule has 0 aromatic carbocycles. The molecular weight excluding hydrogens is 422 g/mol. The normalized spacial score (nSPS) is 18.5. The van der Waals surface area contributed by atoms with Crippen LogP contribution in [0.3, 0.4) is 0 Å². The van der Waals surface area contributed by atoms with E-state index < -0.39 is 60.4 Å². The number of hydrogen-bond donors (Lipinski definition) is 7. The van der Waals surface area contributed by atoms with Crippen LogP contribution in [0.5, 0.6) is 0 Å². The lowest BCUT2D eigenvalue weighted by atomic mass is 10.0. The van der Waals surface area contributed by atoms with E-state index in [0.29, 0.717) is 38.8 Å². The summed E-state index contributed by atoms with van der Waals surface area (Å²) in [6.07, 6.45) is 1.77. The van der Waals surface area contributed by atoms with Crippen molar-refractivity contribution < 1.29 is 29.4 Å². The lowest BCUT2D eigenvalue weighted by Crippen LogP contribution is -2.58. The third-order valence-corrected chi connectivity index (χ3v) is 5.17. The number of nitrogens with one attached hydrogen (secondary N) is 2. The van der Waals surface area contributed by atoms with Gasteiger partial charge in [-0.1, -0.05) is 13.8 Å². The summed E-state index contributed by atoms with van der Waals surface area (Å²) in [5.41, 5.74) is 16.5. The van der Waals surface area contributed by atoms with Gasteiger partial charge in [-0.2, -0.15) is 0 Å². The quantitative estimate of drug-likeness (QED) is 0.0902. The maximum absolute atomic E-state index is 12.7. The molecule has 1 saturated heterocycles. The first kappa shape index (κ1) is 27.1. The molecule has 1 heterocycles. The van der Waals surface area contributed by atoms with Gasteiger partial charge in [0, 0.05) is 13.1 Å². The number of aliphatic carboxylic acids is 1. The number of likely N-dealkylation sites (tertiary alicyclic amines) is 1. The first-order valence-corrected chi connectivity index (χ1v) is 10.5. The fourth-order valence-corrected chi connectivity index (χ4v) is 3.39. The van der Waals surface area contributed by atoms with E-state index >= 15 is 0 Å². The second-order valence-electron chi connectivity index (χ2n) is 8.06. The zero-order valence-electron chi connectivity index (χ0n) is 18.5. The van der Waals surface area contributed by atoms with Crippen molar-refractivity contribution in [2.24, 2.45) is 28.1 Å². The summed E-state index contributed by atoms with van der Waals surface area (Å²) in [7, 11) is 0. The van der Waals surface area contributed by atoms with Crippen LogP contribution in [0, 0.1) is 5.92 Å². The lowest BCUT2D eigenvalue weighted by Gasteiger charge is -2.28. The number of nitrogens with two attached hydrogens (primary N) is 3. The van der Waals surface area contributed by atoms with E-state index in [1.165, 1.54) is 4.90 Å². The molecule has 3 amide bonds. The van der Waals surface area contributed by atoms with Gasteiger partial charge in [-0.25, -0.2) is 4.79 Å². The van der Waals surface area contributed by atoms with Gasteiger partial charge < -0.3 is 42.9 Å². The Balaban J connectivity index is 2.72. The highest BCUT2D eigenvalue weighted by Gasteiger charge is 2.37. The molecule has 10 N–H and O–H groups in total. The molecular formula is C19H35N7O6. The van der Waals surface area contributed by atoms with Gasteiger partial charge in [0.1, 0.15) is 18.1 Å². The van der Waals surface area contributed by atoms with Crippen LogP contribution in [-0.4, -0.2) is 88.6 Å². The van der Waals surface area contributed by atoms with Crippen LogP contribution in [0.2, 0.25) is 0 Å². The van der Waals surface area contributed by atoms with Crippen LogP contribution in [0.4, 0.5) is 0 Å². The predicted octanol–water partition coefficient (Wildman–Crippen LogP) is -2.94. The highest BCUT2D eigenvalue weighted by atomic mass is 16.4. The zero-order chi connectivity index (χ0) is 24.4. The number of carboxylic acid groups (broad SMARTS) is 1. The molecule has 1 aliphatic heterocycles. The standard InChI is InChI=1S/C19H35N7O6/c1-10(2)14(18(31)32)25-15(28)12(9-27)24-16(29)13-6-4-8-26(13)17(30)11(20)5-3-7-23-19(21)22/h10-14,27H,3-9,20H2,1-2H3,(H,24,29)(H,25,28)(H,31,32)(H4,21,22,23).